The Morgan fingerprint density at radius 1 is 1.12 bits per heavy atom. The topological polar surface area (TPSA) is 67.2 Å². The largest absolute Gasteiger partial charge is 0.272 e. The average molecular weight is 318 g/mol. The third-order valence-electron chi connectivity index (χ3n) is 3.75. The second-order valence-corrected chi connectivity index (χ2v) is 5.43. The van der Waals surface area contributed by atoms with Crippen molar-refractivity contribution in [2.45, 2.75) is 20.3 Å². The van der Waals surface area contributed by atoms with Gasteiger partial charge in [0.2, 0.25) is 0 Å². The van der Waals surface area contributed by atoms with E-state index in [9.17, 15) is 4.79 Å². The molecule has 2 heterocycles. The number of hydrogen-bond acceptors (Lipinski definition) is 4. The Morgan fingerprint density at radius 2 is 1.92 bits per heavy atom. The van der Waals surface area contributed by atoms with Crippen LogP contribution in [0, 0.1) is 0 Å². The molecule has 0 spiro atoms. The number of para-hydroxylation sites is 1. The Labute approximate surface area is 140 Å². The van der Waals surface area contributed by atoms with Gasteiger partial charge in [-0.25, -0.2) is 10.4 Å². The lowest BCUT2D eigenvalue weighted by Crippen LogP contribution is -2.19. The fraction of sp³-hybridized carbons (Fsp3) is 0.158. The van der Waals surface area contributed by atoms with E-state index >= 15 is 0 Å². The highest BCUT2D eigenvalue weighted by Gasteiger charge is 2.14. The number of carbonyl (C=O) groups is 1. The van der Waals surface area contributed by atoms with Crippen LogP contribution in [0.3, 0.4) is 0 Å². The summed E-state index contributed by atoms with van der Waals surface area (Å²) in [6.07, 6.45) is 2.50. The highest BCUT2D eigenvalue weighted by molar-refractivity contribution is 6.07. The maximum atomic E-state index is 12.6. The van der Waals surface area contributed by atoms with Crippen molar-refractivity contribution in [3.8, 4) is 11.4 Å². The van der Waals surface area contributed by atoms with Gasteiger partial charge in [0.15, 0.2) is 0 Å². The van der Waals surface area contributed by atoms with Crippen molar-refractivity contribution in [3.63, 3.8) is 0 Å². The monoisotopic (exact) mass is 318 g/mol. The van der Waals surface area contributed by atoms with Gasteiger partial charge in [-0.05, 0) is 37.6 Å². The summed E-state index contributed by atoms with van der Waals surface area (Å²) < 4.78 is 0. The number of pyridine rings is 2. The lowest BCUT2D eigenvalue weighted by Gasteiger charge is -2.08. The normalized spacial score (nSPS) is 11.5. The number of aromatic nitrogens is 2. The predicted octanol–water partition coefficient (Wildman–Crippen LogP) is 3.81. The highest BCUT2D eigenvalue weighted by Crippen LogP contribution is 2.23. The van der Waals surface area contributed by atoms with E-state index in [1.54, 1.807) is 12.3 Å². The molecule has 0 aliphatic rings. The molecule has 1 aromatic carbocycles. The number of benzene rings is 1. The molecule has 3 aromatic rings. The highest BCUT2D eigenvalue weighted by atomic mass is 16.2. The third-order valence-corrected chi connectivity index (χ3v) is 3.75. The van der Waals surface area contributed by atoms with Gasteiger partial charge in [-0.15, -0.1) is 0 Å². The lowest BCUT2D eigenvalue weighted by molar-refractivity contribution is 0.0956. The van der Waals surface area contributed by atoms with Crippen LogP contribution in [-0.4, -0.2) is 21.6 Å². The zero-order valence-electron chi connectivity index (χ0n) is 13.7. The number of rotatable bonds is 4. The molecule has 1 amide bonds. The molecule has 0 unspecified atom stereocenters. The van der Waals surface area contributed by atoms with E-state index in [1.165, 1.54) is 0 Å². The summed E-state index contributed by atoms with van der Waals surface area (Å²) >= 11 is 0. The van der Waals surface area contributed by atoms with Crippen LogP contribution in [0.5, 0.6) is 0 Å². The molecule has 0 saturated heterocycles. The van der Waals surface area contributed by atoms with Crippen LogP contribution in [0.4, 0.5) is 0 Å². The molecule has 3 rings (SSSR count). The second kappa shape index (κ2) is 7.00. The van der Waals surface area contributed by atoms with Crippen LogP contribution in [-0.2, 0) is 0 Å². The summed E-state index contributed by atoms with van der Waals surface area (Å²) in [6.45, 7) is 3.87. The summed E-state index contributed by atoms with van der Waals surface area (Å²) in [5, 5.41) is 4.90. The van der Waals surface area contributed by atoms with Gasteiger partial charge >= 0.3 is 0 Å². The van der Waals surface area contributed by atoms with Crippen molar-refractivity contribution in [2.24, 2.45) is 5.10 Å². The van der Waals surface area contributed by atoms with Crippen molar-refractivity contribution < 1.29 is 4.79 Å². The van der Waals surface area contributed by atoms with E-state index in [1.807, 2.05) is 56.3 Å². The molecule has 5 heteroatoms. The number of nitrogens with zero attached hydrogens (tertiary/aromatic N) is 3. The number of amides is 1. The van der Waals surface area contributed by atoms with Crippen molar-refractivity contribution in [1.29, 1.82) is 0 Å². The summed E-state index contributed by atoms with van der Waals surface area (Å²) in [7, 11) is 0. The minimum atomic E-state index is -0.251. The van der Waals surface area contributed by atoms with Crippen molar-refractivity contribution in [3.05, 3.63) is 60.3 Å². The fourth-order valence-electron chi connectivity index (χ4n) is 2.29. The summed E-state index contributed by atoms with van der Waals surface area (Å²) in [5.74, 6) is -0.251. The number of hydrogen-bond donors (Lipinski definition) is 1. The van der Waals surface area contributed by atoms with Gasteiger partial charge in [-0.1, -0.05) is 31.2 Å². The van der Waals surface area contributed by atoms with Crippen LogP contribution >= 0.6 is 0 Å². The molecule has 0 saturated carbocycles. The van der Waals surface area contributed by atoms with Gasteiger partial charge in [0.25, 0.3) is 5.91 Å². The van der Waals surface area contributed by atoms with Crippen molar-refractivity contribution in [2.75, 3.05) is 0 Å². The number of fused-ring (bicyclic) bond motifs is 1. The number of nitrogens with one attached hydrogen (secondary N) is 1. The van der Waals surface area contributed by atoms with Gasteiger partial charge in [-0.3, -0.25) is 9.78 Å². The molecule has 0 radical (unpaired) electrons. The van der Waals surface area contributed by atoms with Gasteiger partial charge in [0.1, 0.15) is 0 Å². The first-order chi connectivity index (χ1) is 11.7. The zero-order chi connectivity index (χ0) is 16.9. The zero-order valence-corrected chi connectivity index (χ0v) is 13.7. The Kier molecular flexibility index (Phi) is 4.61. The molecule has 5 nitrogen and oxygen atoms in total. The van der Waals surface area contributed by atoms with Crippen LogP contribution in [0.25, 0.3) is 22.3 Å². The predicted molar refractivity (Wildman–Crippen MR) is 95.8 cm³/mol. The van der Waals surface area contributed by atoms with E-state index in [0.717, 1.165) is 28.7 Å². The fourth-order valence-corrected chi connectivity index (χ4v) is 2.29. The summed E-state index contributed by atoms with van der Waals surface area (Å²) in [6, 6.07) is 14.9. The molecular weight excluding hydrogens is 300 g/mol. The summed E-state index contributed by atoms with van der Waals surface area (Å²) in [4.78, 5) is 21.5. The Hall–Kier alpha value is -3.08. The van der Waals surface area contributed by atoms with Crippen molar-refractivity contribution in [1.82, 2.24) is 15.4 Å². The lowest BCUT2D eigenvalue weighted by atomic mass is 10.1. The first-order valence-corrected chi connectivity index (χ1v) is 7.83. The average Bonchev–Trinajstić information content (AvgIpc) is 2.65. The maximum Gasteiger partial charge on any atom is 0.272 e. The molecule has 24 heavy (non-hydrogen) atoms. The molecule has 1 N–H and O–H groups in total. The quantitative estimate of drug-likeness (QED) is 0.587. The molecule has 0 aliphatic heterocycles. The second-order valence-electron chi connectivity index (χ2n) is 5.43. The van der Waals surface area contributed by atoms with E-state index in [-0.39, 0.29) is 5.91 Å². The van der Waals surface area contributed by atoms with Gasteiger partial charge in [0, 0.05) is 17.3 Å². The third kappa shape index (κ3) is 3.30. The van der Waals surface area contributed by atoms with E-state index in [0.29, 0.717) is 11.3 Å². The molecule has 0 bridgehead atoms. The Bertz CT molecular complexity index is 904. The molecular formula is C19H18N4O. The van der Waals surface area contributed by atoms with Crippen LogP contribution in [0.1, 0.15) is 30.6 Å². The van der Waals surface area contributed by atoms with Gasteiger partial charge in [0.05, 0.1) is 22.5 Å². The van der Waals surface area contributed by atoms with Crippen LogP contribution < -0.4 is 5.43 Å². The molecule has 120 valence electrons. The minimum absolute atomic E-state index is 0.251. The SMILES string of the molecule is CC/C(C)=N\NC(=O)c1cc(-c2ccccn2)nc2ccccc12. The number of hydrazone groups is 1. The van der Waals surface area contributed by atoms with Crippen LogP contribution in [0.15, 0.2) is 59.8 Å². The summed E-state index contributed by atoms with van der Waals surface area (Å²) in [5.41, 5.74) is 6.17. The Balaban J connectivity index is 2.10. The van der Waals surface area contributed by atoms with E-state index in [2.05, 4.69) is 20.5 Å². The molecule has 2 aromatic heterocycles. The molecule has 0 atom stereocenters. The maximum absolute atomic E-state index is 12.6. The first kappa shape index (κ1) is 15.8. The Morgan fingerprint density at radius 3 is 2.67 bits per heavy atom. The first-order valence-electron chi connectivity index (χ1n) is 7.83. The number of carbonyl (C=O) groups excluding carboxylic acids is 1. The van der Waals surface area contributed by atoms with E-state index in [4.69, 9.17) is 0 Å². The standard InChI is InChI=1S/C19H18N4O/c1-3-13(2)22-23-19(24)15-12-18(17-10-6-7-11-20-17)21-16-9-5-4-8-14(15)16/h4-12H,3H2,1-2H3,(H,23,24)/b22-13-. The van der Waals surface area contributed by atoms with Crippen LogP contribution in [0.2, 0.25) is 0 Å². The minimum Gasteiger partial charge on any atom is -0.267 e. The van der Waals surface area contributed by atoms with Gasteiger partial charge in [-0.2, -0.15) is 5.10 Å². The molecule has 0 aliphatic carbocycles. The smallest absolute Gasteiger partial charge is 0.267 e. The van der Waals surface area contributed by atoms with Crippen molar-refractivity contribution >= 4 is 22.5 Å². The van der Waals surface area contributed by atoms with E-state index < -0.39 is 0 Å². The molecule has 0 fully saturated rings. The van der Waals surface area contributed by atoms with Gasteiger partial charge < -0.3 is 0 Å².